The molecule has 18 heavy (non-hydrogen) atoms. The molecule has 0 radical (unpaired) electrons. The first-order valence-corrected chi connectivity index (χ1v) is 6.04. The van der Waals surface area contributed by atoms with Gasteiger partial charge in [0, 0.05) is 19.3 Å². The molecule has 1 amide bonds. The Morgan fingerprint density at radius 2 is 2.28 bits per heavy atom. The summed E-state index contributed by atoms with van der Waals surface area (Å²) in [4.78, 5) is 28.1. The fraction of sp³-hybridized carbons (Fsp3) is 0.538. The van der Waals surface area contributed by atoms with Crippen LogP contribution in [0.3, 0.4) is 0 Å². The number of carbonyl (C=O) groups is 1. The van der Waals surface area contributed by atoms with E-state index in [1.807, 2.05) is 20.8 Å². The zero-order valence-corrected chi connectivity index (χ0v) is 10.9. The van der Waals surface area contributed by atoms with E-state index in [0.717, 1.165) is 0 Å². The molecule has 0 bridgehead atoms. The first-order chi connectivity index (χ1) is 8.39. The third-order valence-corrected chi connectivity index (χ3v) is 2.91. The first-order valence-electron chi connectivity index (χ1n) is 6.04. The molecule has 5 heteroatoms. The van der Waals surface area contributed by atoms with Crippen molar-refractivity contribution in [3.8, 4) is 0 Å². The van der Waals surface area contributed by atoms with E-state index in [1.165, 1.54) is 6.20 Å². The Morgan fingerprint density at radius 1 is 1.56 bits per heavy atom. The summed E-state index contributed by atoms with van der Waals surface area (Å²) in [5, 5.41) is 0. The first kappa shape index (κ1) is 12.8. The number of rotatable bonds is 1. The molecular weight excluding hydrogens is 232 g/mol. The summed E-state index contributed by atoms with van der Waals surface area (Å²) in [6.07, 6.45) is 1.49. The van der Waals surface area contributed by atoms with Crippen molar-refractivity contribution in [2.24, 2.45) is 0 Å². The second-order valence-corrected chi connectivity index (χ2v) is 5.29. The van der Waals surface area contributed by atoms with E-state index < -0.39 is 0 Å². The molecule has 0 aliphatic carbocycles. The molecule has 1 unspecified atom stereocenters. The van der Waals surface area contributed by atoms with E-state index >= 15 is 0 Å². The summed E-state index contributed by atoms with van der Waals surface area (Å²) < 4.78 is 5.74. The Labute approximate surface area is 106 Å². The number of nitrogens with zero attached hydrogens (tertiary/aromatic N) is 1. The van der Waals surface area contributed by atoms with Gasteiger partial charge in [-0.15, -0.1) is 0 Å². The van der Waals surface area contributed by atoms with Crippen molar-refractivity contribution in [3.05, 3.63) is 34.2 Å². The lowest BCUT2D eigenvalue weighted by atomic mass is 10.0. The molecule has 2 heterocycles. The van der Waals surface area contributed by atoms with Crippen LogP contribution < -0.4 is 5.56 Å². The fourth-order valence-electron chi connectivity index (χ4n) is 2.37. The van der Waals surface area contributed by atoms with Crippen molar-refractivity contribution < 1.29 is 9.53 Å². The predicted molar refractivity (Wildman–Crippen MR) is 67.6 cm³/mol. The molecule has 1 saturated heterocycles. The summed E-state index contributed by atoms with van der Waals surface area (Å²) in [6, 6.07) is 3.21. The van der Waals surface area contributed by atoms with Gasteiger partial charge in [-0.1, -0.05) is 0 Å². The van der Waals surface area contributed by atoms with Crippen LogP contribution in [0.4, 0.5) is 0 Å². The number of amides is 1. The van der Waals surface area contributed by atoms with Gasteiger partial charge in [-0.3, -0.25) is 9.59 Å². The van der Waals surface area contributed by atoms with Crippen LogP contribution in [0, 0.1) is 0 Å². The van der Waals surface area contributed by atoms with E-state index in [2.05, 4.69) is 4.98 Å². The van der Waals surface area contributed by atoms with Crippen LogP contribution in [0.25, 0.3) is 0 Å². The molecule has 1 fully saturated rings. The number of nitrogens with one attached hydrogen (secondary N) is 1. The van der Waals surface area contributed by atoms with Gasteiger partial charge >= 0.3 is 0 Å². The highest BCUT2D eigenvalue weighted by atomic mass is 16.5. The van der Waals surface area contributed by atoms with Gasteiger partial charge in [0.1, 0.15) is 5.56 Å². The Balaban J connectivity index is 2.24. The summed E-state index contributed by atoms with van der Waals surface area (Å²) in [7, 11) is 0. The lowest BCUT2D eigenvalue weighted by molar-refractivity contribution is -0.118. The number of morpholine rings is 1. The standard InChI is InChI=1S/C13H18N2O3/c1-9-7-15(8-13(2,3)18-9)12(17)10-5-4-6-14-11(10)16/h4-6,9H,7-8H2,1-3H3,(H,14,16). The van der Waals surface area contributed by atoms with Crippen LogP contribution in [0.1, 0.15) is 31.1 Å². The van der Waals surface area contributed by atoms with Crippen LogP contribution in [0.5, 0.6) is 0 Å². The lowest BCUT2D eigenvalue weighted by Gasteiger charge is -2.41. The molecule has 0 saturated carbocycles. The molecule has 1 atom stereocenters. The lowest BCUT2D eigenvalue weighted by Crippen LogP contribution is -2.54. The molecular formula is C13H18N2O3. The molecule has 0 spiro atoms. The van der Waals surface area contributed by atoms with Gasteiger partial charge in [0.25, 0.3) is 11.5 Å². The SMILES string of the molecule is CC1CN(C(=O)c2ccc[nH]c2=O)CC(C)(C)O1. The monoisotopic (exact) mass is 250 g/mol. The maximum Gasteiger partial charge on any atom is 0.260 e. The zero-order chi connectivity index (χ0) is 13.3. The van der Waals surface area contributed by atoms with E-state index in [4.69, 9.17) is 4.74 Å². The number of aromatic nitrogens is 1. The highest BCUT2D eigenvalue weighted by molar-refractivity contribution is 5.93. The van der Waals surface area contributed by atoms with Crippen molar-refractivity contribution in [2.75, 3.05) is 13.1 Å². The quantitative estimate of drug-likeness (QED) is 0.809. The summed E-state index contributed by atoms with van der Waals surface area (Å²) in [5.41, 5.74) is -0.545. The maximum absolute atomic E-state index is 12.3. The molecule has 1 aliphatic heterocycles. The highest BCUT2D eigenvalue weighted by Crippen LogP contribution is 2.21. The number of pyridine rings is 1. The van der Waals surface area contributed by atoms with Crippen LogP contribution in [0.15, 0.2) is 23.1 Å². The van der Waals surface area contributed by atoms with Crippen LogP contribution in [-0.4, -0.2) is 40.6 Å². The van der Waals surface area contributed by atoms with Gasteiger partial charge in [0.15, 0.2) is 0 Å². The smallest absolute Gasteiger partial charge is 0.260 e. The number of hydrogen-bond acceptors (Lipinski definition) is 3. The van der Waals surface area contributed by atoms with Gasteiger partial charge in [0.05, 0.1) is 11.7 Å². The molecule has 98 valence electrons. The average molecular weight is 250 g/mol. The number of carbonyl (C=O) groups excluding carboxylic acids is 1. The third-order valence-electron chi connectivity index (χ3n) is 2.91. The van der Waals surface area contributed by atoms with Gasteiger partial charge in [0.2, 0.25) is 0 Å². The number of H-pyrrole nitrogens is 1. The Bertz CT molecular complexity index is 507. The highest BCUT2D eigenvalue weighted by Gasteiger charge is 2.34. The second kappa shape index (κ2) is 4.57. The minimum Gasteiger partial charge on any atom is -0.369 e. The molecule has 5 nitrogen and oxygen atoms in total. The second-order valence-electron chi connectivity index (χ2n) is 5.29. The fourth-order valence-corrected chi connectivity index (χ4v) is 2.37. The van der Waals surface area contributed by atoms with Gasteiger partial charge in [-0.25, -0.2) is 0 Å². The van der Waals surface area contributed by atoms with Crippen LogP contribution in [0.2, 0.25) is 0 Å². The Morgan fingerprint density at radius 3 is 2.89 bits per heavy atom. The molecule has 2 rings (SSSR count). The van der Waals surface area contributed by atoms with Gasteiger partial charge in [-0.05, 0) is 32.9 Å². The molecule has 0 aromatic carbocycles. The number of hydrogen-bond donors (Lipinski definition) is 1. The van der Waals surface area contributed by atoms with Gasteiger partial charge < -0.3 is 14.6 Å². The van der Waals surface area contributed by atoms with Crippen molar-refractivity contribution in [2.45, 2.75) is 32.5 Å². The Kier molecular flexibility index (Phi) is 3.26. The summed E-state index contributed by atoms with van der Waals surface area (Å²) >= 11 is 0. The van der Waals surface area contributed by atoms with E-state index in [-0.39, 0.29) is 28.7 Å². The predicted octanol–water partition coefficient (Wildman–Crippen LogP) is 1.01. The molecule has 1 aromatic heterocycles. The van der Waals surface area contributed by atoms with E-state index in [9.17, 15) is 9.59 Å². The summed E-state index contributed by atoms with van der Waals surface area (Å²) in [5.74, 6) is -0.236. The number of aromatic amines is 1. The molecule has 1 aliphatic rings. The van der Waals surface area contributed by atoms with Crippen LogP contribution in [-0.2, 0) is 4.74 Å². The molecule has 1 N–H and O–H groups in total. The largest absolute Gasteiger partial charge is 0.369 e. The van der Waals surface area contributed by atoms with Crippen molar-refractivity contribution in [3.63, 3.8) is 0 Å². The minimum atomic E-state index is -0.380. The number of ether oxygens (including phenoxy) is 1. The summed E-state index contributed by atoms with van der Waals surface area (Å²) in [6.45, 7) is 6.81. The maximum atomic E-state index is 12.3. The molecule has 1 aromatic rings. The average Bonchev–Trinajstić information content (AvgIpc) is 2.26. The van der Waals surface area contributed by atoms with Crippen molar-refractivity contribution >= 4 is 5.91 Å². The minimum absolute atomic E-state index is 0.0273. The topological polar surface area (TPSA) is 62.4 Å². The zero-order valence-electron chi connectivity index (χ0n) is 10.9. The normalized spacial score (nSPS) is 22.8. The third kappa shape index (κ3) is 2.61. The van der Waals surface area contributed by atoms with Crippen LogP contribution >= 0.6 is 0 Å². The van der Waals surface area contributed by atoms with Crippen molar-refractivity contribution in [1.29, 1.82) is 0 Å². The van der Waals surface area contributed by atoms with E-state index in [0.29, 0.717) is 13.1 Å². The Hall–Kier alpha value is -1.62. The van der Waals surface area contributed by atoms with Crippen molar-refractivity contribution in [1.82, 2.24) is 9.88 Å². The van der Waals surface area contributed by atoms with E-state index in [1.54, 1.807) is 17.0 Å². The van der Waals surface area contributed by atoms with Gasteiger partial charge in [-0.2, -0.15) is 0 Å².